The number of hydrogen-bond donors (Lipinski definition) is 0. The highest BCUT2D eigenvalue weighted by molar-refractivity contribution is 7.21. The van der Waals surface area contributed by atoms with Crippen LogP contribution in [0.2, 0.25) is 0 Å². The summed E-state index contributed by atoms with van der Waals surface area (Å²) >= 11 is 1.36. The number of fused-ring (bicyclic) bond motifs is 2. The molecule has 0 saturated heterocycles. The van der Waals surface area contributed by atoms with Crippen molar-refractivity contribution in [3.05, 3.63) is 42.2 Å². The molecule has 1 aromatic carbocycles. The zero-order chi connectivity index (χ0) is 19.8. The van der Waals surface area contributed by atoms with Crippen molar-refractivity contribution in [2.24, 2.45) is 0 Å². The second kappa shape index (κ2) is 7.27. The number of aromatic nitrogens is 4. The molecule has 0 aliphatic heterocycles. The summed E-state index contributed by atoms with van der Waals surface area (Å²) in [5, 5.41) is 0.697. The fourth-order valence-electron chi connectivity index (χ4n) is 2.78. The van der Waals surface area contributed by atoms with Gasteiger partial charge in [-0.1, -0.05) is 18.3 Å². The van der Waals surface area contributed by atoms with Crippen LogP contribution < -0.4 is 9.47 Å². The average molecular weight is 397 g/mol. The molecule has 0 saturated carbocycles. The van der Waals surface area contributed by atoms with Crippen LogP contribution >= 0.6 is 11.3 Å². The molecule has 0 bridgehead atoms. The minimum absolute atomic E-state index is 0.0214. The summed E-state index contributed by atoms with van der Waals surface area (Å²) in [5.41, 5.74) is 3.74. The van der Waals surface area contributed by atoms with E-state index in [-0.39, 0.29) is 12.0 Å². The molecule has 0 amide bonds. The van der Waals surface area contributed by atoms with Crippen LogP contribution in [0.15, 0.2) is 24.4 Å². The molecular formula is C20H18FN4O2S. The molecule has 28 heavy (non-hydrogen) atoms. The fourth-order valence-corrected chi connectivity index (χ4v) is 3.71. The third-order valence-electron chi connectivity index (χ3n) is 4.28. The third-order valence-corrected chi connectivity index (χ3v) is 5.28. The first-order chi connectivity index (χ1) is 13.5. The number of ether oxygens (including phenoxy) is 2. The van der Waals surface area contributed by atoms with E-state index >= 15 is 0 Å². The summed E-state index contributed by atoms with van der Waals surface area (Å²) in [6.45, 7) is 5.66. The highest BCUT2D eigenvalue weighted by Gasteiger charge is 2.17. The van der Waals surface area contributed by atoms with Crippen molar-refractivity contribution in [3.8, 4) is 22.3 Å². The lowest BCUT2D eigenvalue weighted by Crippen LogP contribution is -2.12. The van der Waals surface area contributed by atoms with Crippen LogP contribution in [-0.2, 0) is 0 Å². The maximum absolute atomic E-state index is 14.4. The number of halogens is 1. The number of nitrogens with zero attached hydrogens (tertiary/aromatic N) is 4. The second-order valence-corrected chi connectivity index (χ2v) is 7.35. The van der Waals surface area contributed by atoms with Gasteiger partial charge in [-0.2, -0.15) is 4.98 Å². The second-order valence-electron chi connectivity index (χ2n) is 6.37. The van der Waals surface area contributed by atoms with E-state index in [4.69, 9.17) is 9.47 Å². The molecular weight excluding hydrogens is 379 g/mol. The van der Waals surface area contributed by atoms with E-state index in [9.17, 15) is 4.39 Å². The number of benzene rings is 1. The maximum Gasteiger partial charge on any atom is 0.252 e. The van der Waals surface area contributed by atoms with Crippen molar-refractivity contribution < 1.29 is 13.9 Å². The van der Waals surface area contributed by atoms with Crippen molar-refractivity contribution in [1.29, 1.82) is 0 Å². The summed E-state index contributed by atoms with van der Waals surface area (Å²) in [5.74, 6) is -0.107. The van der Waals surface area contributed by atoms with Gasteiger partial charge in [0, 0.05) is 11.6 Å². The van der Waals surface area contributed by atoms with Crippen molar-refractivity contribution >= 4 is 32.7 Å². The largest absolute Gasteiger partial charge is 0.480 e. The van der Waals surface area contributed by atoms with Crippen molar-refractivity contribution in [3.63, 3.8) is 0 Å². The van der Waals surface area contributed by atoms with Gasteiger partial charge in [-0.3, -0.25) is 0 Å². The Bertz CT molecular complexity index is 1180. The number of aryl methyl sites for hydroxylation is 1. The zero-order valence-corrected chi connectivity index (χ0v) is 16.7. The molecule has 0 N–H and O–H groups in total. The minimum Gasteiger partial charge on any atom is -0.480 e. The van der Waals surface area contributed by atoms with Gasteiger partial charge in [-0.25, -0.2) is 19.3 Å². The Morgan fingerprint density at radius 2 is 1.96 bits per heavy atom. The molecule has 0 spiro atoms. The zero-order valence-electron chi connectivity index (χ0n) is 15.9. The van der Waals surface area contributed by atoms with Crippen molar-refractivity contribution in [1.82, 2.24) is 19.9 Å². The molecule has 0 fully saturated rings. The van der Waals surface area contributed by atoms with Crippen molar-refractivity contribution in [2.75, 3.05) is 7.11 Å². The molecule has 6 nitrogen and oxygen atoms in total. The Kier molecular flexibility index (Phi) is 4.80. The highest BCUT2D eigenvalue weighted by atomic mass is 32.1. The Morgan fingerprint density at radius 1 is 1.14 bits per heavy atom. The molecule has 3 aromatic heterocycles. The lowest BCUT2D eigenvalue weighted by atomic mass is 10.1. The first kappa shape index (κ1) is 18.5. The molecule has 8 heteroatoms. The van der Waals surface area contributed by atoms with E-state index in [1.807, 2.05) is 39.3 Å². The van der Waals surface area contributed by atoms with Gasteiger partial charge in [0.2, 0.25) is 5.88 Å². The molecule has 0 aliphatic carbocycles. The van der Waals surface area contributed by atoms with Gasteiger partial charge in [0.15, 0.2) is 5.82 Å². The summed E-state index contributed by atoms with van der Waals surface area (Å²) < 4.78 is 25.1. The smallest absolute Gasteiger partial charge is 0.252 e. The predicted molar refractivity (Wildman–Crippen MR) is 107 cm³/mol. The first-order valence-corrected chi connectivity index (χ1v) is 9.55. The molecule has 3 heterocycles. The Labute approximate surface area is 165 Å². The van der Waals surface area contributed by atoms with Gasteiger partial charge in [0.05, 0.1) is 24.3 Å². The molecule has 0 unspecified atom stereocenters. The van der Waals surface area contributed by atoms with Crippen LogP contribution in [0.25, 0.3) is 32.0 Å². The molecule has 4 rings (SSSR count). The molecule has 4 aromatic rings. The monoisotopic (exact) mass is 397 g/mol. The van der Waals surface area contributed by atoms with E-state index in [2.05, 4.69) is 19.9 Å². The van der Waals surface area contributed by atoms with Gasteiger partial charge in [0.25, 0.3) is 5.88 Å². The van der Waals surface area contributed by atoms with Gasteiger partial charge < -0.3 is 9.47 Å². The number of methoxy groups -OCH3 is 1. The number of pyridine rings is 1. The Balaban J connectivity index is 1.85. The van der Waals surface area contributed by atoms with E-state index in [0.717, 1.165) is 11.1 Å². The lowest BCUT2D eigenvalue weighted by Gasteiger charge is -2.11. The Morgan fingerprint density at radius 3 is 2.71 bits per heavy atom. The van der Waals surface area contributed by atoms with E-state index in [0.29, 0.717) is 32.3 Å². The third kappa shape index (κ3) is 3.35. The van der Waals surface area contributed by atoms with E-state index in [1.165, 1.54) is 17.4 Å². The van der Waals surface area contributed by atoms with Gasteiger partial charge in [-0.15, -0.1) is 0 Å². The topological polar surface area (TPSA) is 70.0 Å². The summed E-state index contributed by atoms with van der Waals surface area (Å²) in [4.78, 5) is 18.4. The fraction of sp³-hybridized carbons (Fsp3) is 0.250. The van der Waals surface area contributed by atoms with Crippen LogP contribution in [0.5, 0.6) is 11.8 Å². The van der Waals surface area contributed by atoms with Gasteiger partial charge in [-0.05, 0) is 38.0 Å². The van der Waals surface area contributed by atoms with Crippen LogP contribution in [0, 0.1) is 19.2 Å². The Hall–Kier alpha value is -2.87. The predicted octanol–water partition coefficient (Wildman–Crippen LogP) is 4.75. The molecule has 1 radical (unpaired) electrons. The highest BCUT2D eigenvalue weighted by Crippen LogP contribution is 2.35. The average Bonchev–Trinajstić information content (AvgIpc) is 3.09. The SMILES string of the molecule is C[CH][C@H](C)Oc1nc2sc(-c3cc(C)cc4nc(OC)cnc34)nc2cc1F. The lowest BCUT2D eigenvalue weighted by molar-refractivity contribution is 0.232. The number of hydrogen-bond acceptors (Lipinski definition) is 7. The van der Waals surface area contributed by atoms with Crippen LogP contribution in [0.3, 0.4) is 0 Å². The van der Waals surface area contributed by atoms with Crippen LogP contribution in [0.1, 0.15) is 19.4 Å². The minimum atomic E-state index is -0.531. The summed E-state index contributed by atoms with van der Waals surface area (Å²) in [6.07, 6.45) is 3.16. The van der Waals surface area contributed by atoms with Crippen LogP contribution in [-0.4, -0.2) is 33.1 Å². The normalized spacial score (nSPS) is 12.5. The molecule has 1 atom stereocenters. The van der Waals surface area contributed by atoms with Gasteiger partial charge >= 0.3 is 0 Å². The van der Waals surface area contributed by atoms with Gasteiger partial charge in [0.1, 0.15) is 21.5 Å². The first-order valence-electron chi connectivity index (χ1n) is 8.73. The summed E-state index contributed by atoms with van der Waals surface area (Å²) in [7, 11) is 1.55. The summed E-state index contributed by atoms with van der Waals surface area (Å²) in [6, 6.07) is 5.28. The molecule has 0 aliphatic rings. The van der Waals surface area contributed by atoms with Crippen LogP contribution in [0.4, 0.5) is 4.39 Å². The van der Waals surface area contributed by atoms with Crippen molar-refractivity contribution in [2.45, 2.75) is 26.9 Å². The molecule has 143 valence electrons. The van der Waals surface area contributed by atoms with E-state index in [1.54, 1.807) is 13.3 Å². The van der Waals surface area contributed by atoms with E-state index < -0.39 is 5.82 Å². The standard InChI is InChI=1S/C20H18FN4O2S/c1-5-11(3)27-18-13(21)8-15-20(25-18)28-19(24-15)12-6-10(2)7-14-17(12)22-9-16(23-14)26-4/h5-9,11H,1-4H3/t11-/m0/s1. The number of rotatable bonds is 5. The maximum atomic E-state index is 14.4. The number of thiazole rings is 1. The quantitative estimate of drug-likeness (QED) is 0.484.